The molecule has 3 heteroatoms. The van der Waals surface area contributed by atoms with Gasteiger partial charge in [0.25, 0.3) is 0 Å². The third-order valence-corrected chi connectivity index (χ3v) is 4.17. The smallest absolute Gasteiger partial charge is 0.169 e. The van der Waals surface area contributed by atoms with Crippen LogP contribution in [0.5, 0.6) is 0 Å². The van der Waals surface area contributed by atoms with Gasteiger partial charge in [-0.05, 0) is 18.3 Å². The van der Waals surface area contributed by atoms with Crippen molar-refractivity contribution in [3.05, 3.63) is 12.2 Å². The molecule has 72 valence electrons. The highest BCUT2D eigenvalue weighted by Crippen LogP contribution is 2.54. The third kappa shape index (κ3) is 0.630. The van der Waals surface area contributed by atoms with Crippen molar-refractivity contribution < 1.29 is 14.3 Å². The normalized spacial score (nSPS) is 57.4. The number of rotatable bonds is 0. The number of ether oxygens (including phenoxy) is 1. The van der Waals surface area contributed by atoms with E-state index in [-0.39, 0.29) is 35.6 Å². The van der Waals surface area contributed by atoms with Crippen LogP contribution in [0.1, 0.15) is 6.42 Å². The van der Waals surface area contributed by atoms with Gasteiger partial charge in [-0.1, -0.05) is 12.2 Å². The fourth-order valence-corrected chi connectivity index (χ4v) is 3.52. The lowest BCUT2D eigenvalue weighted by Gasteiger charge is -2.27. The minimum absolute atomic E-state index is 0.0405. The first-order valence-corrected chi connectivity index (χ1v) is 5.18. The first-order valence-electron chi connectivity index (χ1n) is 5.18. The molecule has 0 amide bonds. The fraction of sp³-hybridized carbons (Fsp3) is 0.636. The summed E-state index contributed by atoms with van der Waals surface area (Å²) in [5, 5.41) is 0. The molecule has 0 aromatic heterocycles. The number of carbonyl (C=O) groups is 2. The predicted octanol–water partition coefficient (Wildman–Crippen LogP) is 0.344. The van der Waals surface area contributed by atoms with Crippen LogP contribution in [0.15, 0.2) is 12.2 Å². The highest BCUT2D eigenvalue weighted by Gasteiger charge is 2.66. The summed E-state index contributed by atoms with van der Waals surface area (Å²) in [6, 6.07) is 0. The molecule has 3 aliphatic carbocycles. The monoisotopic (exact) mass is 190 g/mol. The van der Waals surface area contributed by atoms with Crippen molar-refractivity contribution in [1.29, 1.82) is 0 Å². The number of ketones is 2. The van der Waals surface area contributed by atoms with Gasteiger partial charge in [-0.15, -0.1) is 0 Å². The molecular weight excluding hydrogens is 180 g/mol. The van der Waals surface area contributed by atoms with E-state index in [0.29, 0.717) is 11.8 Å². The summed E-state index contributed by atoms with van der Waals surface area (Å²) in [7, 11) is 0. The van der Waals surface area contributed by atoms with Crippen molar-refractivity contribution >= 4 is 11.6 Å². The van der Waals surface area contributed by atoms with Gasteiger partial charge in [-0.2, -0.15) is 0 Å². The Hall–Kier alpha value is -0.960. The van der Waals surface area contributed by atoms with Crippen molar-refractivity contribution in [1.82, 2.24) is 0 Å². The molecule has 1 heterocycles. The second kappa shape index (κ2) is 2.01. The van der Waals surface area contributed by atoms with Gasteiger partial charge in [0.05, 0.1) is 0 Å². The zero-order chi connectivity index (χ0) is 9.45. The van der Waals surface area contributed by atoms with Gasteiger partial charge in [0.15, 0.2) is 23.8 Å². The van der Waals surface area contributed by atoms with Crippen LogP contribution in [0, 0.1) is 23.7 Å². The van der Waals surface area contributed by atoms with Gasteiger partial charge in [0.2, 0.25) is 0 Å². The maximum atomic E-state index is 11.9. The van der Waals surface area contributed by atoms with E-state index in [0.717, 1.165) is 6.42 Å². The molecule has 6 atom stereocenters. The molecule has 1 aliphatic heterocycles. The van der Waals surface area contributed by atoms with Gasteiger partial charge in [-0.3, -0.25) is 9.59 Å². The Morgan fingerprint density at radius 1 is 1.00 bits per heavy atom. The largest absolute Gasteiger partial charge is 0.353 e. The van der Waals surface area contributed by atoms with E-state index in [9.17, 15) is 9.59 Å². The molecule has 0 aromatic carbocycles. The maximum Gasteiger partial charge on any atom is 0.169 e. The second-order valence-corrected chi connectivity index (χ2v) is 4.78. The molecule has 1 saturated heterocycles. The number of carbonyl (C=O) groups excluding carboxylic acids is 2. The standard InChI is InChI=1S/C11H10O3/c12-8-6-4-1-2-5(3-4)7(6)9(13)11-10(8)14-11/h1-2,4-7,10-11H,3H2/t4?,5?,6-,7+,10+,11-. The van der Waals surface area contributed by atoms with Gasteiger partial charge in [-0.25, -0.2) is 0 Å². The Morgan fingerprint density at radius 2 is 1.50 bits per heavy atom. The first kappa shape index (κ1) is 7.35. The Morgan fingerprint density at radius 3 is 2.00 bits per heavy atom. The van der Waals surface area contributed by atoms with Crippen LogP contribution < -0.4 is 0 Å². The Balaban J connectivity index is 1.84. The number of epoxide rings is 1. The SMILES string of the molecule is O=C1[C@@H]2C3C=CC(C3)[C@@H]2C(=O)[C@H]2O[C@@H]12. The highest BCUT2D eigenvalue weighted by atomic mass is 16.6. The lowest BCUT2D eigenvalue weighted by atomic mass is 9.72. The molecule has 3 nitrogen and oxygen atoms in total. The van der Waals surface area contributed by atoms with E-state index < -0.39 is 0 Å². The van der Waals surface area contributed by atoms with E-state index in [2.05, 4.69) is 12.2 Å². The van der Waals surface area contributed by atoms with Gasteiger partial charge >= 0.3 is 0 Å². The zero-order valence-corrected chi connectivity index (χ0v) is 7.55. The summed E-state index contributed by atoms with van der Waals surface area (Å²) in [5.41, 5.74) is 0. The van der Waals surface area contributed by atoms with Crippen molar-refractivity contribution in [3.8, 4) is 0 Å². The van der Waals surface area contributed by atoms with E-state index in [4.69, 9.17) is 4.74 Å². The summed E-state index contributed by atoms with van der Waals surface area (Å²) in [6.45, 7) is 0. The Labute approximate surface area is 81.1 Å². The van der Waals surface area contributed by atoms with E-state index in [1.807, 2.05) is 0 Å². The lowest BCUT2D eigenvalue weighted by molar-refractivity contribution is -0.135. The topological polar surface area (TPSA) is 46.7 Å². The quantitative estimate of drug-likeness (QED) is 0.409. The molecule has 0 radical (unpaired) electrons. The molecule has 4 rings (SSSR count). The molecule has 4 aliphatic rings. The van der Waals surface area contributed by atoms with Gasteiger partial charge < -0.3 is 4.74 Å². The molecular formula is C11H10O3. The van der Waals surface area contributed by atoms with Crippen molar-refractivity contribution in [2.24, 2.45) is 23.7 Å². The molecule has 0 aromatic rings. The van der Waals surface area contributed by atoms with Crippen molar-refractivity contribution in [2.45, 2.75) is 18.6 Å². The van der Waals surface area contributed by atoms with Crippen LogP contribution >= 0.6 is 0 Å². The van der Waals surface area contributed by atoms with Crippen LogP contribution in [0.3, 0.4) is 0 Å². The molecule has 0 N–H and O–H groups in total. The lowest BCUT2D eigenvalue weighted by Crippen LogP contribution is -2.43. The van der Waals surface area contributed by atoms with Crippen LogP contribution in [0.4, 0.5) is 0 Å². The van der Waals surface area contributed by atoms with Crippen molar-refractivity contribution in [2.75, 3.05) is 0 Å². The highest BCUT2D eigenvalue weighted by molar-refractivity contribution is 6.06. The van der Waals surface area contributed by atoms with Gasteiger partial charge in [0.1, 0.15) is 0 Å². The molecule has 2 saturated carbocycles. The summed E-state index contributed by atoms with van der Waals surface area (Å²) < 4.78 is 5.14. The fourth-order valence-electron chi connectivity index (χ4n) is 3.52. The van der Waals surface area contributed by atoms with E-state index in [1.54, 1.807) is 0 Å². The average Bonchev–Trinajstić information content (AvgIpc) is 2.74. The summed E-state index contributed by atoms with van der Waals surface area (Å²) in [5.74, 6) is 0.952. The van der Waals surface area contributed by atoms with Crippen molar-refractivity contribution in [3.63, 3.8) is 0 Å². The molecule has 2 bridgehead atoms. The van der Waals surface area contributed by atoms with Crippen LogP contribution in [0.25, 0.3) is 0 Å². The summed E-state index contributed by atoms with van der Waals surface area (Å²) >= 11 is 0. The second-order valence-electron chi connectivity index (χ2n) is 4.78. The number of Topliss-reactive ketones (excluding diaryl/α,β-unsaturated/α-hetero) is 2. The molecule has 14 heavy (non-hydrogen) atoms. The molecule has 3 fully saturated rings. The number of hydrogen-bond donors (Lipinski definition) is 0. The van der Waals surface area contributed by atoms with Gasteiger partial charge in [0, 0.05) is 11.8 Å². The van der Waals surface area contributed by atoms with E-state index >= 15 is 0 Å². The Bertz CT molecular complexity index is 350. The van der Waals surface area contributed by atoms with Crippen LogP contribution in [-0.2, 0) is 14.3 Å². The summed E-state index contributed by atoms with van der Waals surface area (Å²) in [4.78, 5) is 23.7. The van der Waals surface area contributed by atoms with E-state index in [1.165, 1.54) is 0 Å². The zero-order valence-electron chi connectivity index (χ0n) is 7.55. The minimum atomic E-state index is -0.364. The van der Waals surface area contributed by atoms with Crippen LogP contribution in [0.2, 0.25) is 0 Å². The maximum absolute atomic E-state index is 11.9. The van der Waals surface area contributed by atoms with Crippen LogP contribution in [-0.4, -0.2) is 23.8 Å². The Kier molecular flexibility index (Phi) is 1.05. The first-order chi connectivity index (χ1) is 6.77. The number of hydrogen-bond acceptors (Lipinski definition) is 3. The predicted molar refractivity (Wildman–Crippen MR) is 46.4 cm³/mol. The third-order valence-electron chi connectivity index (χ3n) is 4.17. The number of allylic oxidation sites excluding steroid dienone is 2. The number of fused-ring (bicyclic) bond motifs is 6. The summed E-state index contributed by atoms with van der Waals surface area (Å²) in [6.07, 6.45) is 4.50. The average molecular weight is 190 g/mol. The molecule has 2 unspecified atom stereocenters. The minimum Gasteiger partial charge on any atom is -0.353 e. The molecule has 0 spiro atoms.